The van der Waals surface area contributed by atoms with Crippen LogP contribution in [0.3, 0.4) is 0 Å². The summed E-state index contributed by atoms with van der Waals surface area (Å²) < 4.78 is 16.6. The number of rotatable bonds is 5. The number of nitrogens with one attached hydrogen (secondary N) is 2. The number of hydrogen-bond acceptors (Lipinski definition) is 6. The van der Waals surface area contributed by atoms with Crippen LogP contribution in [0, 0.1) is 5.92 Å². The molecule has 0 aromatic heterocycles. The average molecular weight is 525 g/mol. The van der Waals surface area contributed by atoms with E-state index in [2.05, 4.69) is 16.7 Å². The highest BCUT2D eigenvalue weighted by Gasteiger charge is 2.40. The van der Waals surface area contributed by atoms with Crippen molar-refractivity contribution in [2.24, 2.45) is 5.92 Å². The molecule has 8 heteroatoms. The molecule has 0 saturated heterocycles. The maximum atomic E-state index is 13.8. The molecule has 0 fully saturated rings. The third-order valence-electron chi connectivity index (χ3n) is 6.75. The van der Waals surface area contributed by atoms with Gasteiger partial charge in [-0.2, -0.15) is 0 Å². The topological polar surface area (TPSA) is 68.8 Å². The largest absolute Gasteiger partial charge is 0.493 e. The third kappa shape index (κ3) is 4.36. The maximum Gasteiger partial charge on any atom is 0.203 e. The summed E-state index contributed by atoms with van der Waals surface area (Å²) in [6, 6.07) is 16.9. The fraction of sp³-hybridized carbons (Fsp3) is 0.250. The summed E-state index contributed by atoms with van der Waals surface area (Å²) in [5.41, 5.74) is 4.43. The Morgan fingerprint density at radius 2 is 1.53 bits per heavy atom. The summed E-state index contributed by atoms with van der Waals surface area (Å²) in [5, 5.41) is 8.03. The van der Waals surface area contributed by atoms with Crippen molar-refractivity contribution in [3.63, 3.8) is 0 Å². The molecule has 3 unspecified atom stereocenters. The molecule has 2 aliphatic rings. The molecular weight excluding hydrogens is 499 g/mol. The summed E-state index contributed by atoms with van der Waals surface area (Å²) in [6.45, 7) is 0. The number of para-hydroxylation sites is 2. The van der Waals surface area contributed by atoms with E-state index in [-0.39, 0.29) is 17.7 Å². The number of halogens is 2. The molecule has 0 bridgehead atoms. The first-order chi connectivity index (χ1) is 17.4. The van der Waals surface area contributed by atoms with Crippen LogP contribution in [-0.4, -0.2) is 27.1 Å². The summed E-state index contributed by atoms with van der Waals surface area (Å²) >= 11 is 12.5. The number of anilines is 2. The van der Waals surface area contributed by atoms with Gasteiger partial charge in [-0.15, -0.1) is 0 Å². The van der Waals surface area contributed by atoms with E-state index in [4.69, 9.17) is 37.4 Å². The van der Waals surface area contributed by atoms with Crippen LogP contribution >= 0.6 is 23.2 Å². The van der Waals surface area contributed by atoms with Gasteiger partial charge in [0.1, 0.15) is 5.78 Å². The maximum absolute atomic E-state index is 13.8. The lowest BCUT2D eigenvalue weighted by Gasteiger charge is -2.33. The zero-order valence-electron chi connectivity index (χ0n) is 20.1. The van der Waals surface area contributed by atoms with Crippen LogP contribution in [0.2, 0.25) is 10.0 Å². The molecule has 3 aromatic rings. The van der Waals surface area contributed by atoms with Crippen molar-refractivity contribution < 1.29 is 19.0 Å². The van der Waals surface area contributed by atoms with Crippen molar-refractivity contribution in [2.75, 3.05) is 32.0 Å². The van der Waals surface area contributed by atoms with E-state index >= 15 is 0 Å². The Balaban J connectivity index is 1.62. The lowest BCUT2D eigenvalue weighted by molar-refractivity contribution is -0.122. The first-order valence-electron chi connectivity index (χ1n) is 11.5. The number of carbonyl (C=O) groups excluding carboxylic acids is 1. The molecule has 6 nitrogen and oxygen atoms in total. The van der Waals surface area contributed by atoms with Gasteiger partial charge < -0.3 is 24.8 Å². The van der Waals surface area contributed by atoms with Gasteiger partial charge in [0.15, 0.2) is 11.5 Å². The summed E-state index contributed by atoms with van der Waals surface area (Å²) in [4.78, 5) is 13.8. The van der Waals surface area contributed by atoms with E-state index < -0.39 is 5.92 Å². The van der Waals surface area contributed by atoms with Gasteiger partial charge in [-0.3, -0.25) is 4.79 Å². The van der Waals surface area contributed by atoms with Crippen LogP contribution in [0.1, 0.15) is 29.5 Å². The van der Waals surface area contributed by atoms with Gasteiger partial charge in [-0.25, -0.2) is 0 Å². The lowest BCUT2D eigenvalue weighted by Crippen LogP contribution is -2.33. The predicted molar refractivity (Wildman–Crippen MR) is 143 cm³/mol. The molecule has 186 valence electrons. The van der Waals surface area contributed by atoms with E-state index in [1.54, 1.807) is 27.4 Å². The zero-order valence-corrected chi connectivity index (χ0v) is 21.6. The smallest absolute Gasteiger partial charge is 0.203 e. The number of ether oxygens (including phenoxy) is 3. The van der Waals surface area contributed by atoms with Gasteiger partial charge in [0.25, 0.3) is 0 Å². The van der Waals surface area contributed by atoms with Crippen LogP contribution in [0.15, 0.2) is 66.4 Å². The summed E-state index contributed by atoms with van der Waals surface area (Å²) in [5.74, 6) is 1.11. The van der Waals surface area contributed by atoms with Crippen LogP contribution < -0.4 is 24.8 Å². The fourth-order valence-electron chi connectivity index (χ4n) is 5.02. The van der Waals surface area contributed by atoms with Crippen molar-refractivity contribution in [3.8, 4) is 17.2 Å². The molecule has 36 heavy (non-hydrogen) atoms. The molecule has 3 aromatic carbocycles. The monoisotopic (exact) mass is 524 g/mol. The minimum Gasteiger partial charge on any atom is -0.493 e. The average Bonchev–Trinajstić information content (AvgIpc) is 3.06. The van der Waals surface area contributed by atoms with E-state index in [1.165, 1.54) is 0 Å². The Morgan fingerprint density at radius 1 is 0.833 bits per heavy atom. The van der Waals surface area contributed by atoms with Gasteiger partial charge in [0.2, 0.25) is 5.75 Å². The summed E-state index contributed by atoms with van der Waals surface area (Å²) in [7, 11) is 4.73. The molecule has 1 heterocycles. The molecule has 0 spiro atoms. The Kier molecular flexibility index (Phi) is 6.73. The second-order valence-electron chi connectivity index (χ2n) is 8.80. The Morgan fingerprint density at radius 3 is 2.17 bits per heavy atom. The molecule has 2 N–H and O–H groups in total. The minimum atomic E-state index is -0.437. The van der Waals surface area contributed by atoms with Crippen LogP contribution in [0.5, 0.6) is 17.2 Å². The summed E-state index contributed by atoms with van der Waals surface area (Å²) in [6.07, 6.45) is 2.45. The second-order valence-corrected chi connectivity index (χ2v) is 9.62. The highest BCUT2D eigenvalue weighted by atomic mass is 35.5. The normalized spacial score (nSPS) is 20.6. The standard InChI is InChI=1S/C28H26Cl2N2O4/c1-34-24-13-17(14-25(35-2)28(24)36-3)16-11-22-26(23(33)12-16)27(15-8-9-18(29)19(30)10-15)32-21-7-5-4-6-20(21)31-22/h4-11,13-14,16,26-27,31-32H,12H2,1-3H3. The van der Waals surface area contributed by atoms with Gasteiger partial charge in [-0.1, -0.05) is 47.5 Å². The number of benzene rings is 3. The number of allylic oxidation sites excluding steroid dienone is 1. The van der Waals surface area contributed by atoms with E-state index in [9.17, 15) is 4.79 Å². The molecule has 5 rings (SSSR count). The quantitative estimate of drug-likeness (QED) is 0.380. The number of Topliss-reactive ketones (excluding diaryl/α,β-unsaturated/α-hetero) is 1. The second kappa shape index (κ2) is 9.96. The molecule has 0 radical (unpaired) electrons. The number of hydrogen-bond donors (Lipinski definition) is 2. The zero-order chi connectivity index (χ0) is 25.4. The Hall–Kier alpha value is -3.35. The number of methoxy groups -OCH3 is 3. The first kappa shape index (κ1) is 24.3. The lowest BCUT2D eigenvalue weighted by atomic mass is 9.76. The Labute approximate surface area is 220 Å². The van der Waals surface area contributed by atoms with E-state index in [0.29, 0.717) is 33.7 Å². The third-order valence-corrected chi connectivity index (χ3v) is 7.49. The van der Waals surface area contributed by atoms with Gasteiger partial charge in [-0.05, 0) is 47.5 Å². The van der Waals surface area contributed by atoms with Crippen molar-refractivity contribution in [1.29, 1.82) is 0 Å². The predicted octanol–water partition coefficient (Wildman–Crippen LogP) is 6.85. The highest BCUT2D eigenvalue weighted by molar-refractivity contribution is 6.42. The highest BCUT2D eigenvalue weighted by Crippen LogP contribution is 2.47. The van der Waals surface area contributed by atoms with Crippen LogP contribution in [-0.2, 0) is 4.79 Å². The number of carbonyl (C=O) groups is 1. The molecule has 0 amide bonds. The SMILES string of the molecule is COc1cc(C2C=C3Nc4ccccc4NC(c4ccc(Cl)c(Cl)c4)C3C(=O)C2)cc(OC)c1OC. The van der Waals surface area contributed by atoms with Crippen LogP contribution in [0.4, 0.5) is 11.4 Å². The molecule has 1 aliphatic carbocycles. The minimum absolute atomic E-state index is 0.107. The fourth-order valence-corrected chi connectivity index (χ4v) is 5.32. The molecular formula is C28H26Cl2N2O4. The Bertz CT molecular complexity index is 1330. The molecule has 1 aliphatic heterocycles. The number of fused-ring (bicyclic) bond motifs is 2. The van der Waals surface area contributed by atoms with Crippen LogP contribution in [0.25, 0.3) is 0 Å². The van der Waals surface area contributed by atoms with E-state index in [0.717, 1.165) is 28.2 Å². The first-order valence-corrected chi connectivity index (χ1v) is 12.3. The van der Waals surface area contributed by atoms with Gasteiger partial charge >= 0.3 is 0 Å². The van der Waals surface area contributed by atoms with E-state index in [1.807, 2.05) is 48.5 Å². The molecule has 3 atom stereocenters. The van der Waals surface area contributed by atoms with Gasteiger partial charge in [0, 0.05) is 18.0 Å². The van der Waals surface area contributed by atoms with Crippen molar-refractivity contribution in [2.45, 2.75) is 18.4 Å². The number of ketones is 1. The van der Waals surface area contributed by atoms with Gasteiger partial charge in [0.05, 0.1) is 54.7 Å². The van der Waals surface area contributed by atoms with Crippen molar-refractivity contribution >= 4 is 40.4 Å². The van der Waals surface area contributed by atoms with Crippen molar-refractivity contribution in [1.82, 2.24) is 0 Å². The van der Waals surface area contributed by atoms with Crippen molar-refractivity contribution in [3.05, 3.63) is 87.5 Å². The molecule has 0 saturated carbocycles.